The second-order valence-electron chi connectivity index (χ2n) is 6.12. The van der Waals surface area contributed by atoms with E-state index in [4.69, 9.17) is 0 Å². The first kappa shape index (κ1) is 17.6. The first-order valence-corrected chi connectivity index (χ1v) is 8.23. The molecule has 2 aromatic rings. The minimum Gasteiger partial charge on any atom is -0.395 e. The predicted molar refractivity (Wildman–Crippen MR) is 94.0 cm³/mol. The average molecular weight is 313 g/mol. The molecule has 0 radical (unpaired) electrons. The van der Waals surface area contributed by atoms with Crippen LogP contribution in [-0.4, -0.2) is 29.3 Å². The van der Waals surface area contributed by atoms with Crippen LogP contribution in [0.5, 0.6) is 0 Å². The van der Waals surface area contributed by atoms with E-state index in [0.717, 1.165) is 18.8 Å². The van der Waals surface area contributed by atoms with Gasteiger partial charge in [0.25, 0.3) is 0 Å². The monoisotopic (exact) mass is 313 g/mol. The number of nitrogens with one attached hydrogen (secondary N) is 2. The number of aliphatic hydroxyl groups is 1. The van der Waals surface area contributed by atoms with E-state index in [1.165, 1.54) is 5.56 Å². The maximum atomic E-state index is 9.59. The van der Waals surface area contributed by atoms with Crippen molar-refractivity contribution in [3.8, 4) is 0 Å². The van der Waals surface area contributed by atoms with Crippen LogP contribution in [0.25, 0.3) is 0 Å². The van der Waals surface area contributed by atoms with Gasteiger partial charge >= 0.3 is 0 Å². The van der Waals surface area contributed by atoms with E-state index in [-0.39, 0.29) is 18.7 Å². The molecule has 0 bridgehead atoms. The maximum Gasteiger partial charge on any atom is 0.0624 e. The molecular weight excluding hydrogens is 286 g/mol. The van der Waals surface area contributed by atoms with Crippen LogP contribution >= 0.6 is 0 Å². The molecule has 23 heavy (non-hydrogen) atoms. The zero-order valence-electron chi connectivity index (χ0n) is 13.9. The van der Waals surface area contributed by atoms with Gasteiger partial charge in [0.2, 0.25) is 0 Å². The molecule has 0 aliphatic carbocycles. The summed E-state index contributed by atoms with van der Waals surface area (Å²) in [5.74, 6) is 0.361. The highest BCUT2D eigenvalue weighted by Crippen LogP contribution is 2.13. The average Bonchev–Trinajstić information content (AvgIpc) is 2.59. The molecule has 4 nitrogen and oxygen atoms in total. The highest BCUT2D eigenvalue weighted by molar-refractivity contribution is 5.15. The van der Waals surface area contributed by atoms with Gasteiger partial charge in [0.15, 0.2) is 0 Å². The van der Waals surface area contributed by atoms with Crippen molar-refractivity contribution in [1.29, 1.82) is 0 Å². The Morgan fingerprint density at radius 1 is 1.04 bits per heavy atom. The Morgan fingerprint density at radius 2 is 1.78 bits per heavy atom. The summed E-state index contributed by atoms with van der Waals surface area (Å²) in [5, 5.41) is 16.6. The summed E-state index contributed by atoms with van der Waals surface area (Å²) >= 11 is 0. The van der Waals surface area contributed by atoms with Gasteiger partial charge in [-0.15, -0.1) is 0 Å². The van der Waals surface area contributed by atoms with Crippen molar-refractivity contribution in [2.75, 3.05) is 13.2 Å². The minimum absolute atomic E-state index is 0.0560. The smallest absolute Gasteiger partial charge is 0.0624 e. The number of rotatable bonds is 9. The summed E-state index contributed by atoms with van der Waals surface area (Å²) in [7, 11) is 0. The van der Waals surface area contributed by atoms with Crippen molar-refractivity contribution in [2.24, 2.45) is 5.92 Å². The van der Waals surface area contributed by atoms with Gasteiger partial charge in [-0.1, -0.05) is 50.2 Å². The Labute approximate surface area is 139 Å². The highest BCUT2D eigenvalue weighted by Gasteiger charge is 2.19. The summed E-state index contributed by atoms with van der Waals surface area (Å²) in [6.45, 7) is 5.92. The van der Waals surface area contributed by atoms with Crippen LogP contribution in [-0.2, 0) is 6.54 Å². The van der Waals surface area contributed by atoms with Crippen molar-refractivity contribution in [3.05, 3.63) is 66.0 Å². The zero-order chi connectivity index (χ0) is 16.5. The molecule has 0 amide bonds. The Kier molecular flexibility index (Phi) is 7.20. The molecule has 2 rings (SSSR count). The van der Waals surface area contributed by atoms with E-state index in [1.54, 1.807) is 0 Å². The largest absolute Gasteiger partial charge is 0.395 e. The Morgan fingerprint density at radius 3 is 2.39 bits per heavy atom. The zero-order valence-corrected chi connectivity index (χ0v) is 13.9. The molecule has 0 saturated carbocycles. The van der Waals surface area contributed by atoms with Gasteiger partial charge in [-0.25, -0.2) is 0 Å². The molecule has 1 aromatic heterocycles. The fraction of sp³-hybridized carbons (Fsp3) is 0.421. The van der Waals surface area contributed by atoms with E-state index >= 15 is 0 Å². The van der Waals surface area contributed by atoms with Crippen LogP contribution in [0.3, 0.4) is 0 Å². The Hall–Kier alpha value is -1.75. The number of aromatic nitrogens is 1. The van der Waals surface area contributed by atoms with Crippen molar-refractivity contribution < 1.29 is 5.11 Å². The third kappa shape index (κ3) is 5.75. The van der Waals surface area contributed by atoms with Gasteiger partial charge < -0.3 is 15.7 Å². The molecular formula is C19H27N3O. The highest BCUT2D eigenvalue weighted by atomic mass is 16.3. The van der Waals surface area contributed by atoms with E-state index < -0.39 is 0 Å². The summed E-state index contributed by atoms with van der Waals surface area (Å²) in [6.07, 6.45) is 1.81. The maximum absolute atomic E-state index is 9.59. The van der Waals surface area contributed by atoms with Gasteiger partial charge in [0, 0.05) is 25.3 Å². The van der Waals surface area contributed by atoms with Crippen molar-refractivity contribution in [1.82, 2.24) is 15.6 Å². The SMILES string of the molecule is CC(C)[C@@H](CO)N[C@@H](CNCc1ccccc1)c1ccccn1. The molecule has 1 aromatic carbocycles. The van der Waals surface area contributed by atoms with Crippen LogP contribution in [0.4, 0.5) is 0 Å². The number of nitrogens with zero attached hydrogens (tertiary/aromatic N) is 1. The number of hydrogen-bond donors (Lipinski definition) is 3. The van der Waals surface area contributed by atoms with Crippen LogP contribution in [0.15, 0.2) is 54.7 Å². The number of benzene rings is 1. The first-order chi connectivity index (χ1) is 11.2. The summed E-state index contributed by atoms with van der Waals surface area (Å²) < 4.78 is 0. The van der Waals surface area contributed by atoms with Crippen molar-refractivity contribution in [3.63, 3.8) is 0 Å². The molecule has 4 heteroatoms. The number of aliphatic hydroxyl groups excluding tert-OH is 1. The van der Waals surface area contributed by atoms with E-state index in [0.29, 0.717) is 5.92 Å². The second kappa shape index (κ2) is 9.40. The number of pyridine rings is 1. The van der Waals surface area contributed by atoms with E-state index in [1.807, 2.05) is 42.6 Å². The third-order valence-electron chi connectivity index (χ3n) is 3.98. The van der Waals surface area contributed by atoms with Crippen LogP contribution in [0.1, 0.15) is 31.1 Å². The van der Waals surface area contributed by atoms with Crippen LogP contribution < -0.4 is 10.6 Å². The minimum atomic E-state index is 0.0560. The lowest BCUT2D eigenvalue weighted by molar-refractivity contribution is 0.197. The Bertz CT molecular complexity index is 545. The molecule has 2 atom stereocenters. The number of hydrogen-bond acceptors (Lipinski definition) is 4. The third-order valence-corrected chi connectivity index (χ3v) is 3.98. The molecule has 0 unspecified atom stereocenters. The molecule has 3 N–H and O–H groups in total. The van der Waals surface area contributed by atoms with Gasteiger partial charge in [-0.05, 0) is 23.6 Å². The molecule has 0 aliphatic heterocycles. The fourth-order valence-electron chi connectivity index (χ4n) is 2.50. The lowest BCUT2D eigenvalue weighted by Gasteiger charge is -2.27. The molecule has 1 heterocycles. The van der Waals surface area contributed by atoms with E-state index in [9.17, 15) is 5.11 Å². The van der Waals surface area contributed by atoms with Crippen molar-refractivity contribution >= 4 is 0 Å². The first-order valence-electron chi connectivity index (χ1n) is 8.23. The molecule has 0 spiro atoms. The van der Waals surface area contributed by atoms with Gasteiger partial charge in [0.1, 0.15) is 0 Å². The lowest BCUT2D eigenvalue weighted by Crippen LogP contribution is -2.43. The molecule has 0 aliphatic rings. The van der Waals surface area contributed by atoms with Gasteiger partial charge in [-0.3, -0.25) is 4.98 Å². The van der Waals surface area contributed by atoms with Crippen LogP contribution in [0.2, 0.25) is 0 Å². The summed E-state index contributed by atoms with van der Waals surface area (Å²) in [5.41, 5.74) is 2.25. The lowest BCUT2D eigenvalue weighted by atomic mass is 10.0. The second-order valence-corrected chi connectivity index (χ2v) is 6.12. The van der Waals surface area contributed by atoms with Crippen molar-refractivity contribution in [2.45, 2.75) is 32.5 Å². The molecule has 0 fully saturated rings. The Balaban J connectivity index is 1.99. The molecule has 124 valence electrons. The summed E-state index contributed by atoms with van der Waals surface area (Å²) in [4.78, 5) is 4.47. The topological polar surface area (TPSA) is 57.2 Å². The van der Waals surface area contributed by atoms with Gasteiger partial charge in [0.05, 0.1) is 18.3 Å². The van der Waals surface area contributed by atoms with Gasteiger partial charge in [-0.2, -0.15) is 0 Å². The molecule has 0 saturated heterocycles. The van der Waals surface area contributed by atoms with E-state index in [2.05, 4.69) is 41.6 Å². The fourth-order valence-corrected chi connectivity index (χ4v) is 2.50. The summed E-state index contributed by atoms with van der Waals surface area (Å²) in [6, 6.07) is 16.4. The predicted octanol–water partition coefficient (Wildman–Crippen LogP) is 2.52. The quantitative estimate of drug-likeness (QED) is 0.666. The standard InChI is InChI=1S/C19H27N3O/c1-15(2)19(14-23)22-18(17-10-6-7-11-21-17)13-20-12-16-8-4-3-5-9-16/h3-11,15,18-20,22-23H,12-14H2,1-2H3/t18-,19+/m0/s1. The normalized spacial score (nSPS) is 13.9. The van der Waals surface area contributed by atoms with Crippen LogP contribution in [0, 0.1) is 5.92 Å².